The average molecular weight is 267 g/mol. The highest BCUT2D eigenvalue weighted by atomic mass is 32.2. The quantitative estimate of drug-likeness (QED) is 0.727. The molecule has 0 aliphatic rings. The second kappa shape index (κ2) is 5.40. The number of thiol groups is 1. The molecule has 0 heterocycles. The van der Waals surface area contributed by atoms with Gasteiger partial charge in [-0.2, -0.15) is 12.6 Å². The van der Waals surface area contributed by atoms with Crippen molar-refractivity contribution in [1.82, 2.24) is 5.32 Å². The van der Waals surface area contributed by atoms with E-state index in [0.29, 0.717) is 0 Å². The van der Waals surface area contributed by atoms with E-state index in [2.05, 4.69) is 17.9 Å². The van der Waals surface area contributed by atoms with Crippen LogP contribution in [-0.2, 0) is 14.6 Å². The van der Waals surface area contributed by atoms with Gasteiger partial charge >= 0.3 is 0 Å². The van der Waals surface area contributed by atoms with Crippen LogP contribution in [0.1, 0.15) is 27.7 Å². The van der Waals surface area contributed by atoms with Gasteiger partial charge in [0.15, 0.2) is 9.84 Å². The molecule has 1 N–H and O–H groups in total. The number of nitrogens with one attached hydrogen (secondary N) is 1. The van der Waals surface area contributed by atoms with Crippen LogP contribution in [0.25, 0.3) is 0 Å². The van der Waals surface area contributed by atoms with Gasteiger partial charge in [0.2, 0.25) is 5.91 Å². The molecule has 0 rings (SSSR count). The summed E-state index contributed by atoms with van der Waals surface area (Å²) in [6.07, 6.45) is 1.17. The number of sulfone groups is 1. The van der Waals surface area contributed by atoms with Crippen LogP contribution in [0.5, 0.6) is 0 Å². The molecule has 96 valence electrons. The fraction of sp³-hybridized carbons (Fsp3) is 0.900. The van der Waals surface area contributed by atoms with Crippen LogP contribution in [0, 0.1) is 5.92 Å². The lowest BCUT2D eigenvalue weighted by Crippen LogP contribution is -2.46. The normalized spacial score (nSPS) is 14.9. The van der Waals surface area contributed by atoms with Crippen LogP contribution < -0.4 is 5.32 Å². The maximum atomic E-state index is 11.6. The van der Waals surface area contributed by atoms with E-state index in [4.69, 9.17) is 0 Å². The largest absolute Gasteiger partial charge is 0.354 e. The van der Waals surface area contributed by atoms with Crippen LogP contribution in [0.4, 0.5) is 0 Å². The number of rotatable bonds is 5. The van der Waals surface area contributed by atoms with Crippen molar-refractivity contribution in [3.05, 3.63) is 0 Å². The van der Waals surface area contributed by atoms with Crippen molar-refractivity contribution in [1.29, 1.82) is 0 Å². The molecule has 6 heteroatoms. The number of hydrogen-bond donors (Lipinski definition) is 2. The molecule has 1 atom stereocenters. The predicted octanol–water partition coefficient (Wildman–Crippen LogP) is 0.880. The van der Waals surface area contributed by atoms with Gasteiger partial charge in [-0.05, 0) is 19.8 Å². The lowest BCUT2D eigenvalue weighted by molar-refractivity contribution is -0.121. The molecule has 0 aromatic heterocycles. The molecule has 0 saturated carbocycles. The Kier molecular flexibility index (Phi) is 5.32. The molecule has 0 radical (unpaired) electrons. The van der Waals surface area contributed by atoms with Crippen molar-refractivity contribution >= 4 is 28.4 Å². The van der Waals surface area contributed by atoms with E-state index in [1.807, 2.05) is 13.8 Å². The highest BCUT2D eigenvalue weighted by molar-refractivity contribution is 7.92. The maximum Gasteiger partial charge on any atom is 0.233 e. The summed E-state index contributed by atoms with van der Waals surface area (Å²) in [6, 6.07) is 0. The van der Waals surface area contributed by atoms with Crippen LogP contribution >= 0.6 is 12.6 Å². The molecule has 0 aliphatic heterocycles. The van der Waals surface area contributed by atoms with Gasteiger partial charge in [0, 0.05) is 12.8 Å². The number of carbonyl (C=O) groups excluding carboxylic acids is 1. The molecule has 0 bridgehead atoms. The first-order valence-corrected chi connectivity index (χ1v) is 7.55. The van der Waals surface area contributed by atoms with Gasteiger partial charge in [-0.25, -0.2) is 8.42 Å². The molecule has 0 fully saturated rings. The Balaban J connectivity index is 4.43. The van der Waals surface area contributed by atoms with Crippen molar-refractivity contribution in [3.8, 4) is 0 Å². The standard InChI is InChI=1S/C10H21NO3S2/c1-7(2)8(15)9(12)11-6-10(3,4)16(5,13)14/h7-8,15H,6H2,1-5H3,(H,11,12). The first-order valence-electron chi connectivity index (χ1n) is 5.14. The Hall–Kier alpha value is -0.230. The van der Waals surface area contributed by atoms with Gasteiger partial charge in [-0.15, -0.1) is 0 Å². The average Bonchev–Trinajstić information content (AvgIpc) is 2.11. The minimum absolute atomic E-state index is 0.106. The third kappa shape index (κ3) is 4.33. The highest BCUT2D eigenvalue weighted by Gasteiger charge is 2.31. The predicted molar refractivity (Wildman–Crippen MR) is 69.5 cm³/mol. The molecule has 0 spiro atoms. The molecule has 0 aliphatic carbocycles. The van der Waals surface area contributed by atoms with Gasteiger partial charge in [0.05, 0.1) is 10.00 Å². The third-order valence-corrected chi connectivity index (χ3v) is 5.57. The fourth-order valence-electron chi connectivity index (χ4n) is 0.838. The topological polar surface area (TPSA) is 63.2 Å². The van der Waals surface area contributed by atoms with Gasteiger partial charge in [-0.3, -0.25) is 4.79 Å². The van der Waals surface area contributed by atoms with Gasteiger partial charge in [-0.1, -0.05) is 13.8 Å². The summed E-state index contributed by atoms with van der Waals surface area (Å²) in [5.74, 6) is -0.111. The SMILES string of the molecule is CC(C)C(S)C(=O)NCC(C)(C)S(C)(=O)=O. The summed E-state index contributed by atoms with van der Waals surface area (Å²) in [7, 11) is -3.18. The lowest BCUT2D eigenvalue weighted by Gasteiger charge is -2.24. The Morgan fingerprint density at radius 3 is 2.12 bits per heavy atom. The fourth-order valence-corrected chi connectivity index (χ4v) is 1.26. The minimum Gasteiger partial charge on any atom is -0.354 e. The minimum atomic E-state index is -3.18. The molecule has 4 nitrogen and oxygen atoms in total. The van der Waals surface area contributed by atoms with Crippen molar-refractivity contribution in [2.75, 3.05) is 12.8 Å². The summed E-state index contributed by atoms with van der Waals surface area (Å²) in [4.78, 5) is 11.6. The van der Waals surface area contributed by atoms with Crippen LogP contribution in [-0.4, -0.2) is 37.1 Å². The van der Waals surface area contributed by atoms with E-state index >= 15 is 0 Å². The summed E-state index contributed by atoms with van der Waals surface area (Å²) in [5, 5.41) is 2.21. The van der Waals surface area contributed by atoms with Crippen molar-refractivity contribution in [2.45, 2.75) is 37.7 Å². The Morgan fingerprint density at radius 2 is 1.81 bits per heavy atom. The van der Waals surface area contributed by atoms with Crippen LogP contribution in [0.3, 0.4) is 0 Å². The molecule has 1 amide bonds. The van der Waals surface area contributed by atoms with E-state index < -0.39 is 19.8 Å². The van der Waals surface area contributed by atoms with E-state index in [1.165, 1.54) is 6.26 Å². The molecule has 16 heavy (non-hydrogen) atoms. The second-order valence-electron chi connectivity index (χ2n) is 4.94. The zero-order valence-electron chi connectivity index (χ0n) is 10.4. The van der Waals surface area contributed by atoms with E-state index in [-0.39, 0.29) is 18.4 Å². The first kappa shape index (κ1) is 15.8. The van der Waals surface area contributed by atoms with E-state index in [0.717, 1.165) is 0 Å². The number of carbonyl (C=O) groups is 1. The zero-order chi connectivity index (χ0) is 13.1. The van der Waals surface area contributed by atoms with Gasteiger partial charge in [0.1, 0.15) is 0 Å². The Bertz CT molecular complexity index is 347. The summed E-state index contributed by atoms with van der Waals surface area (Å²) >= 11 is 4.16. The highest BCUT2D eigenvalue weighted by Crippen LogP contribution is 2.14. The third-order valence-electron chi connectivity index (χ3n) is 2.59. The van der Waals surface area contributed by atoms with Crippen LogP contribution in [0.2, 0.25) is 0 Å². The Morgan fingerprint density at radius 1 is 1.38 bits per heavy atom. The van der Waals surface area contributed by atoms with Gasteiger partial charge in [0.25, 0.3) is 0 Å². The zero-order valence-corrected chi connectivity index (χ0v) is 12.2. The van der Waals surface area contributed by atoms with E-state index in [1.54, 1.807) is 13.8 Å². The van der Waals surface area contributed by atoms with Gasteiger partial charge < -0.3 is 5.32 Å². The number of amides is 1. The maximum absolute atomic E-state index is 11.6. The van der Waals surface area contributed by atoms with Crippen LogP contribution in [0.15, 0.2) is 0 Å². The van der Waals surface area contributed by atoms with Crippen molar-refractivity contribution < 1.29 is 13.2 Å². The molecule has 0 aromatic rings. The molecule has 0 aromatic carbocycles. The molecule has 1 unspecified atom stereocenters. The molecular formula is C10H21NO3S2. The smallest absolute Gasteiger partial charge is 0.233 e. The summed E-state index contributed by atoms with van der Waals surface area (Å²) in [5.41, 5.74) is 0. The van der Waals surface area contributed by atoms with Crippen molar-refractivity contribution in [2.24, 2.45) is 5.92 Å². The molecular weight excluding hydrogens is 246 g/mol. The second-order valence-corrected chi connectivity index (χ2v) is 8.14. The monoisotopic (exact) mass is 267 g/mol. The number of hydrogen-bond acceptors (Lipinski definition) is 4. The first-order chi connectivity index (χ1) is 6.99. The summed E-state index contributed by atoms with van der Waals surface area (Å²) < 4.78 is 21.8. The molecule has 0 saturated heterocycles. The Labute approximate surface area is 104 Å². The van der Waals surface area contributed by atoms with E-state index in [9.17, 15) is 13.2 Å². The lowest BCUT2D eigenvalue weighted by atomic mass is 10.1. The summed E-state index contributed by atoms with van der Waals surface area (Å²) in [6.45, 7) is 7.06. The van der Waals surface area contributed by atoms with Crippen molar-refractivity contribution in [3.63, 3.8) is 0 Å².